The summed E-state index contributed by atoms with van der Waals surface area (Å²) >= 11 is 0. The molecule has 3 rings (SSSR count). The zero-order valence-electron chi connectivity index (χ0n) is 16.5. The molecule has 0 aromatic heterocycles. The predicted molar refractivity (Wildman–Crippen MR) is 105 cm³/mol. The van der Waals surface area contributed by atoms with E-state index in [0.29, 0.717) is 35.2 Å². The minimum Gasteiger partial charge on any atom is -0.504 e. The number of amides is 1. The molecule has 1 aliphatic rings. The van der Waals surface area contributed by atoms with Gasteiger partial charge < -0.3 is 29.0 Å². The number of phenolic OH excluding ortho intramolecular Hbond substituents is 1. The molecule has 28 heavy (non-hydrogen) atoms. The summed E-state index contributed by atoms with van der Waals surface area (Å²) in [4.78, 5) is 14.7. The van der Waals surface area contributed by atoms with Crippen molar-refractivity contribution in [2.24, 2.45) is 5.92 Å². The highest BCUT2D eigenvalue weighted by Gasteiger charge is 2.35. The molecule has 2 aromatic carbocycles. The van der Waals surface area contributed by atoms with Crippen LogP contribution in [0.2, 0.25) is 0 Å². The van der Waals surface area contributed by atoms with Gasteiger partial charge in [0.2, 0.25) is 11.7 Å². The highest BCUT2D eigenvalue weighted by molar-refractivity contribution is 5.97. The Balaban J connectivity index is 2.01. The van der Waals surface area contributed by atoms with Gasteiger partial charge >= 0.3 is 0 Å². The second-order valence-electron chi connectivity index (χ2n) is 6.59. The second-order valence-corrected chi connectivity index (χ2v) is 6.59. The van der Waals surface area contributed by atoms with Crippen LogP contribution in [0.3, 0.4) is 0 Å². The Bertz CT molecular complexity index is 837. The maximum absolute atomic E-state index is 13.0. The molecular formula is C21H25NO6. The first-order valence-corrected chi connectivity index (χ1v) is 8.99. The molecule has 1 saturated carbocycles. The third kappa shape index (κ3) is 3.93. The first kappa shape index (κ1) is 19.7. The number of nitrogens with zero attached hydrogens (tertiary/aromatic N) is 1. The minimum absolute atomic E-state index is 0.0194. The molecule has 0 aliphatic heterocycles. The Morgan fingerprint density at radius 1 is 0.964 bits per heavy atom. The van der Waals surface area contributed by atoms with E-state index in [-0.39, 0.29) is 17.6 Å². The van der Waals surface area contributed by atoms with Crippen LogP contribution in [0.4, 0.5) is 5.69 Å². The molecule has 1 fully saturated rings. The number of hydrogen-bond donors (Lipinski definition) is 1. The maximum Gasteiger partial charge on any atom is 0.230 e. The number of ether oxygens (including phenoxy) is 4. The monoisotopic (exact) mass is 387 g/mol. The highest BCUT2D eigenvalue weighted by Crippen LogP contribution is 2.43. The van der Waals surface area contributed by atoms with Crippen LogP contribution in [-0.4, -0.2) is 39.5 Å². The Hall–Kier alpha value is -3.09. The fourth-order valence-corrected chi connectivity index (χ4v) is 3.09. The fraction of sp³-hybridized carbons (Fsp3) is 0.381. The lowest BCUT2D eigenvalue weighted by Crippen LogP contribution is -2.31. The number of phenols is 1. The summed E-state index contributed by atoms with van der Waals surface area (Å²) in [5.41, 5.74) is 1.42. The van der Waals surface area contributed by atoms with Crippen LogP contribution in [0.25, 0.3) is 0 Å². The van der Waals surface area contributed by atoms with Gasteiger partial charge in [-0.25, -0.2) is 0 Å². The molecular weight excluding hydrogens is 362 g/mol. The summed E-state index contributed by atoms with van der Waals surface area (Å²) in [6.07, 6.45) is 1.77. The van der Waals surface area contributed by atoms with Gasteiger partial charge in [-0.3, -0.25) is 4.79 Å². The van der Waals surface area contributed by atoms with E-state index >= 15 is 0 Å². The number of aromatic hydroxyl groups is 1. The standard InChI is InChI=1S/C21H25NO6/c1-25-17-8-5-13(9-16(17)23)12-22(21(24)14-6-7-14)15-10-18(26-2)20(28-4)19(11-15)27-3/h5,8-11,14,23H,6-7,12H2,1-4H3. The average molecular weight is 387 g/mol. The summed E-state index contributed by atoms with van der Waals surface area (Å²) < 4.78 is 21.3. The van der Waals surface area contributed by atoms with Crippen LogP contribution >= 0.6 is 0 Å². The first-order valence-electron chi connectivity index (χ1n) is 8.99. The van der Waals surface area contributed by atoms with Crippen LogP contribution in [-0.2, 0) is 11.3 Å². The predicted octanol–water partition coefficient (Wildman–Crippen LogP) is 3.37. The van der Waals surface area contributed by atoms with E-state index in [9.17, 15) is 9.90 Å². The summed E-state index contributed by atoms with van der Waals surface area (Å²) in [5.74, 6) is 1.89. The van der Waals surface area contributed by atoms with E-state index in [4.69, 9.17) is 18.9 Å². The number of rotatable bonds is 8. The number of carbonyl (C=O) groups excluding carboxylic acids is 1. The second kappa shape index (κ2) is 8.29. The maximum atomic E-state index is 13.0. The van der Waals surface area contributed by atoms with Crippen molar-refractivity contribution >= 4 is 11.6 Å². The van der Waals surface area contributed by atoms with E-state index in [2.05, 4.69) is 0 Å². The molecule has 0 spiro atoms. The minimum atomic E-state index is 0.0194. The van der Waals surface area contributed by atoms with E-state index in [1.54, 1.807) is 29.2 Å². The van der Waals surface area contributed by atoms with Crippen molar-refractivity contribution in [1.29, 1.82) is 0 Å². The van der Waals surface area contributed by atoms with Crippen LogP contribution in [0.15, 0.2) is 30.3 Å². The lowest BCUT2D eigenvalue weighted by molar-refractivity contribution is -0.119. The zero-order valence-corrected chi connectivity index (χ0v) is 16.5. The summed E-state index contributed by atoms with van der Waals surface area (Å²) in [5, 5.41) is 10.1. The van der Waals surface area contributed by atoms with E-state index in [1.165, 1.54) is 28.4 Å². The van der Waals surface area contributed by atoms with Gasteiger partial charge in [0.05, 0.1) is 40.7 Å². The quantitative estimate of drug-likeness (QED) is 0.748. The normalized spacial score (nSPS) is 13.0. The molecule has 0 bridgehead atoms. The van der Waals surface area contributed by atoms with Gasteiger partial charge in [-0.15, -0.1) is 0 Å². The van der Waals surface area contributed by atoms with Gasteiger partial charge in [0.15, 0.2) is 23.0 Å². The molecule has 150 valence electrons. The Labute approximate surface area is 164 Å². The average Bonchev–Trinajstić information content (AvgIpc) is 3.55. The van der Waals surface area contributed by atoms with Crippen molar-refractivity contribution in [3.63, 3.8) is 0 Å². The Kier molecular flexibility index (Phi) is 5.82. The van der Waals surface area contributed by atoms with Crippen LogP contribution in [0, 0.1) is 5.92 Å². The molecule has 0 heterocycles. The summed E-state index contributed by atoms with van der Waals surface area (Å²) in [7, 11) is 6.10. The number of benzene rings is 2. The van der Waals surface area contributed by atoms with Crippen LogP contribution < -0.4 is 23.8 Å². The molecule has 0 atom stereocenters. The summed E-state index contributed by atoms with van der Waals surface area (Å²) in [6, 6.07) is 8.61. The van der Waals surface area contributed by atoms with Crippen molar-refractivity contribution in [2.45, 2.75) is 19.4 Å². The van der Waals surface area contributed by atoms with Gasteiger partial charge in [-0.1, -0.05) is 6.07 Å². The number of anilines is 1. The van der Waals surface area contributed by atoms with Gasteiger partial charge in [0, 0.05) is 18.1 Å². The van der Waals surface area contributed by atoms with Crippen molar-refractivity contribution in [3.8, 4) is 28.7 Å². The van der Waals surface area contributed by atoms with Gasteiger partial charge in [-0.2, -0.15) is 0 Å². The summed E-state index contributed by atoms with van der Waals surface area (Å²) in [6.45, 7) is 0.297. The molecule has 0 unspecified atom stereocenters. The van der Waals surface area contributed by atoms with E-state index in [0.717, 1.165) is 18.4 Å². The lowest BCUT2D eigenvalue weighted by Gasteiger charge is -2.25. The molecule has 1 amide bonds. The largest absolute Gasteiger partial charge is 0.504 e. The SMILES string of the molecule is COc1ccc(CN(C(=O)C2CC2)c2cc(OC)c(OC)c(OC)c2)cc1O. The van der Waals surface area contributed by atoms with Crippen molar-refractivity contribution < 1.29 is 28.8 Å². The third-order valence-corrected chi connectivity index (χ3v) is 4.74. The van der Waals surface area contributed by atoms with Gasteiger partial charge in [0.25, 0.3) is 0 Å². The number of hydrogen-bond acceptors (Lipinski definition) is 6. The Morgan fingerprint density at radius 2 is 1.57 bits per heavy atom. The molecule has 7 heteroatoms. The molecule has 0 saturated heterocycles. The van der Waals surface area contributed by atoms with Gasteiger partial charge in [-0.05, 0) is 30.5 Å². The third-order valence-electron chi connectivity index (χ3n) is 4.74. The first-order chi connectivity index (χ1) is 13.5. The molecule has 2 aromatic rings. The fourth-order valence-electron chi connectivity index (χ4n) is 3.09. The van der Waals surface area contributed by atoms with Crippen molar-refractivity contribution in [2.75, 3.05) is 33.3 Å². The van der Waals surface area contributed by atoms with Gasteiger partial charge in [0.1, 0.15) is 0 Å². The van der Waals surface area contributed by atoms with E-state index in [1.807, 2.05) is 6.07 Å². The number of carbonyl (C=O) groups is 1. The van der Waals surface area contributed by atoms with Crippen molar-refractivity contribution in [3.05, 3.63) is 35.9 Å². The lowest BCUT2D eigenvalue weighted by atomic mass is 10.1. The van der Waals surface area contributed by atoms with E-state index < -0.39 is 0 Å². The number of methoxy groups -OCH3 is 4. The topological polar surface area (TPSA) is 77.5 Å². The zero-order chi connectivity index (χ0) is 20.3. The highest BCUT2D eigenvalue weighted by atomic mass is 16.5. The molecule has 1 N–H and O–H groups in total. The molecule has 7 nitrogen and oxygen atoms in total. The molecule has 1 aliphatic carbocycles. The van der Waals surface area contributed by atoms with Crippen LogP contribution in [0.1, 0.15) is 18.4 Å². The van der Waals surface area contributed by atoms with Crippen molar-refractivity contribution in [1.82, 2.24) is 0 Å². The van der Waals surface area contributed by atoms with Crippen LogP contribution in [0.5, 0.6) is 28.7 Å². The Morgan fingerprint density at radius 3 is 2.04 bits per heavy atom. The molecule has 0 radical (unpaired) electrons. The smallest absolute Gasteiger partial charge is 0.230 e.